The minimum absolute atomic E-state index is 0.212. The quantitative estimate of drug-likeness (QED) is 0.842. The Balaban J connectivity index is 2.18. The van der Waals surface area contributed by atoms with Gasteiger partial charge in [-0.1, -0.05) is 0 Å². The smallest absolute Gasteiger partial charge is 0.311 e. The van der Waals surface area contributed by atoms with Gasteiger partial charge in [0.15, 0.2) is 0 Å². The molecule has 1 aliphatic rings. The highest BCUT2D eigenvalue weighted by molar-refractivity contribution is 5.27. The van der Waals surface area contributed by atoms with E-state index in [1.807, 2.05) is 13.8 Å². The van der Waals surface area contributed by atoms with E-state index in [9.17, 15) is 17.6 Å². The second-order valence-corrected chi connectivity index (χ2v) is 5.43. The van der Waals surface area contributed by atoms with E-state index in [1.165, 1.54) is 6.07 Å². The molecule has 1 N–H and O–H groups in total. The monoisotopic (exact) mass is 290 g/mol. The van der Waals surface area contributed by atoms with Crippen molar-refractivity contribution in [1.29, 1.82) is 0 Å². The number of benzene rings is 1. The summed E-state index contributed by atoms with van der Waals surface area (Å²) >= 11 is 0. The van der Waals surface area contributed by atoms with Gasteiger partial charge in [-0.2, -0.15) is 13.2 Å². The van der Waals surface area contributed by atoms with Crippen LogP contribution in [0.5, 0.6) is 0 Å². The van der Waals surface area contributed by atoms with E-state index >= 15 is 0 Å². The molecule has 1 heterocycles. The third-order valence-corrected chi connectivity index (χ3v) is 3.56. The fraction of sp³-hybridized carbons (Fsp3) is 0.571. The molecule has 2 nitrogen and oxygen atoms in total. The molecule has 0 saturated carbocycles. The Morgan fingerprint density at radius 1 is 1.25 bits per heavy atom. The molecule has 1 fully saturated rings. The number of nitrogens with zero attached hydrogens (tertiary/aromatic N) is 1. The van der Waals surface area contributed by atoms with Crippen molar-refractivity contribution in [2.24, 2.45) is 0 Å². The first kappa shape index (κ1) is 15.3. The lowest BCUT2D eigenvalue weighted by atomic mass is 10.1. The minimum atomic E-state index is -4.51. The largest absolute Gasteiger partial charge is 0.416 e. The molecule has 2 rings (SSSR count). The average molecular weight is 290 g/mol. The molecule has 112 valence electrons. The van der Waals surface area contributed by atoms with Gasteiger partial charge in [0.05, 0.1) is 5.56 Å². The molecule has 2 unspecified atom stereocenters. The molecule has 0 aromatic heterocycles. The van der Waals surface area contributed by atoms with Crippen molar-refractivity contribution >= 4 is 0 Å². The van der Waals surface area contributed by atoms with Crippen LogP contribution in [0.25, 0.3) is 0 Å². The van der Waals surface area contributed by atoms with Crippen molar-refractivity contribution in [3.05, 3.63) is 35.1 Å². The lowest BCUT2D eigenvalue weighted by molar-refractivity contribution is -0.137. The Morgan fingerprint density at radius 3 is 2.60 bits per heavy atom. The molecule has 1 aromatic rings. The first-order valence-electron chi connectivity index (χ1n) is 6.60. The van der Waals surface area contributed by atoms with Gasteiger partial charge in [-0.3, -0.25) is 4.90 Å². The van der Waals surface area contributed by atoms with E-state index < -0.39 is 17.6 Å². The summed E-state index contributed by atoms with van der Waals surface area (Å²) in [6.07, 6.45) is -4.51. The van der Waals surface area contributed by atoms with Gasteiger partial charge in [0, 0.05) is 31.7 Å². The van der Waals surface area contributed by atoms with E-state index in [0.717, 1.165) is 19.2 Å². The van der Waals surface area contributed by atoms with Crippen molar-refractivity contribution in [1.82, 2.24) is 10.2 Å². The number of hydrogen-bond acceptors (Lipinski definition) is 2. The molecule has 1 saturated heterocycles. The Hall–Kier alpha value is -1.14. The Labute approximate surface area is 115 Å². The average Bonchev–Trinajstić information content (AvgIpc) is 2.32. The zero-order chi connectivity index (χ0) is 14.9. The van der Waals surface area contributed by atoms with Crippen LogP contribution >= 0.6 is 0 Å². The fourth-order valence-corrected chi connectivity index (χ4v) is 2.46. The van der Waals surface area contributed by atoms with Gasteiger partial charge >= 0.3 is 6.18 Å². The topological polar surface area (TPSA) is 15.3 Å². The van der Waals surface area contributed by atoms with Crippen molar-refractivity contribution < 1.29 is 17.6 Å². The van der Waals surface area contributed by atoms with Crippen LogP contribution in [0.1, 0.15) is 25.0 Å². The summed E-state index contributed by atoms with van der Waals surface area (Å²) in [7, 11) is 0. The molecule has 1 aromatic carbocycles. The molecular weight excluding hydrogens is 272 g/mol. The standard InChI is InChI=1S/C14H18F4N2/c1-9-7-20(10(2)6-19-9)8-11-3-12(14(16,17)18)5-13(15)4-11/h3-5,9-10,19H,6-8H2,1-2H3. The Bertz CT molecular complexity index is 473. The molecule has 0 bridgehead atoms. The SMILES string of the molecule is CC1CN(Cc2cc(F)cc(C(F)(F)F)c2)C(C)CN1. The maximum atomic E-state index is 13.4. The van der Waals surface area contributed by atoms with Crippen molar-refractivity contribution in [3.63, 3.8) is 0 Å². The lowest BCUT2D eigenvalue weighted by Crippen LogP contribution is -2.53. The number of halogens is 4. The zero-order valence-corrected chi connectivity index (χ0v) is 11.5. The van der Waals surface area contributed by atoms with Crippen LogP contribution in [0.4, 0.5) is 17.6 Å². The van der Waals surface area contributed by atoms with Crippen LogP contribution in [-0.2, 0) is 12.7 Å². The summed E-state index contributed by atoms with van der Waals surface area (Å²) in [5, 5.41) is 3.30. The van der Waals surface area contributed by atoms with E-state index in [0.29, 0.717) is 18.2 Å². The number of alkyl halides is 3. The van der Waals surface area contributed by atoms with Gasteiger partial charge in [0.2, 0.25) is 0 Å². The van der Waals surface area contributed by atoms with Gasteiger partial charge in [0.1, 0.15) is 5.82 Å². The third kappa shape index (κ3) is 3.70. The first-order chi connectivity index (χ1) is 9.25. The third-order valence-electron chi connectivity index (χ3n) is 3.56. The molecule has 1 aliphatic heterocycles. The Morgan fingerprint density at radius 2 is 1.95 bits per heavy atom. The molecule has 0 spiro atoms. The van der Waals surface area contributed by atoms with Gasteiger partial charge < -0.3 is 5.32 Å². The van der Waals surface area contributed by atoms with Crippen LogP contribution in [0, 0.1) is 5.82 Å². The molecule has 0 amide bonds. The summed E-state index contributed by atoms with van der Waals surface area (Å²) in [4.78, 5) is 2.07. The van der Waals surface area contributed by atoms with Crippen LogP contribution in [-0.4, -0.2) is 30.1 Å². The summed E-state index contributed by atoms with van der Waals surface area (Å²) < 4.78 is 51.4. The van der Waals surface area contributed by atoms with E-state index in [1.54, 1.807) is 0 Å². The first-order valence-corrected chi connectivity index (χ1v) is 6.60. The van der Waals surface area contributed by atoms with Gasteiger partial charge in [-0.05, 0) is 37.6 Å². The Kier molecular flexibility index (Phi) is 4.34. The van der Waals surface area contributed by atoms with Crippen molar-refractivity contribution in [2.45, 2.75) is 38.7 Å². The number of hydrogen-bond donors (Lipinski definition) is 1. The maximum absolute atomic E-state index is 13.4. The van der Waals surface area contributed by atoms with Crippen LogP contribution in [0.3, 0.4) is 0 Å². The highest BCUT2D eigenvalue weighted by atomic mass is 19.4. The van der Waals surface area contributed by atoms with Crippen LogP contribution in [0.2, 0.25) is 0 Å². The molecule has 6 heteroatoms. The lowest BCUT2D eigenvalue weighted by Gasteiger charge is -2.37. The summed E-state index contributed by atoms with van der Waals surface area (Å²) in [6.45, 7) is 5.87. The molecule has 2 atom stereocenters. The molecule has 0 aliphatic carbocycles. The molecule has 0 radical (unpaired) electrons. The van der Waals surface area contributed by atoms with E-state index in [4.69, 9.17) is 0 Å². The maximum Gasteiger partial charge on any atom is 0.416 e. The predicted octanol–water partition coefficient (Wildman–Crippen LogP) is 3.03. The van der Waals surface area contributed by atoms with Crippen molar-refractivity contribution in [2.75, 3.05) is 13.1 Å². The highest BCUT2D eigenvalue weighted by Gasteiger charge is 2.31. The van der Waals surface area contributed by atoms with Gasteiger partial charge in [-0.15, -0.1) is 0 Å². The van der Waals surface area contributed by atoms with Crippen molar-refractivity contribution in [3.8, 4) is 0 Å². The second kappa shape index (κ2) is 5.69. The van der Waals surface area contributed by atoms with Gasteiger partial charge in [-0.25, -0.2) is 4.39 Å². The molecule has 20 heavy (non-hydrogen) atoms. The van der Waals surface area contributed by atoms with Crippen LogP contribution < -0.4 is 5.32 Å². The molecular formula is C14H18F4N2. The highest BCUT2D eigenvalue weighted by Crippen LogP contribution is 2.30. The number of piperazine rings is 1. The number of nitrogens with one attached hydrogen (secondary N) is 1. The van der Waals surface area contributed by atoms with Gasteiger partial charge in [0.25, 0.3) is 0 Å². The predicted molar refractivity (Wildman–Crippen MR) is 68.7 cm³/mol. The zero-order valence-electron chi connectivity index (χ0n) is 11.5. The normalized spacial score (nSPS) is 24.9. The van der Waals surface area contributed by atoms with Crippen LogP contribution in [0.15, 0.2) is 18.2 Å². The van der Waals surface area contributed by atoms with E-state index in [2.05, 4.69) is 10.2 Å². The number of rotatable bonds is 2. The summed E-state index contributed by atoms with van der Waals surface area (Å²) in [5.41, 5.74) is -0.568. The second-order valence-electron chi connectivity index (χ2n) is 5.43. The van der Waals surface area contributed by atoms with E-state index in [-0.39, 0.29) is 12.1 Å². The summed E-state index contributed by atoms with van der Waals surface area (Å²) in [5.74, 6) is -0.842. The minimum Gasteiger partial charge on any atom is -0.311 e. The fourth-order valence-electron chi connectivity index (χ4n) is 2.46. The summed E-state index contributed by atoms with van der Waals surface area (Å²) in [6, 6.07) is 3.23.